The van der Waals surface area contributed by atoms with Crippen molar-refractivity contribution < 1.29 is 23.8 Å². The number of hydrogen-bond donors (Lipinski definition) is 1. The number of benzene rings is 2. The number of carbonyl (C=O) groups is 2. The van der Waals surface area contributed by atoms with Gasteiger partial charge in [0, 0.05) is 11.1 Å². The lowest BCUT2D eigenvalue weighted by Crippen LogP contribution is -2.37. The van der Waals surface area contributed by atoms with E-state index >= 15 is 0 Å². The molecule has 0 heterocycles. The molecular formula is C18H17FO4. The highest BCUT2D eigenvalue weighted by atomic mass is 19.1. The van der Waals surface area contributed by atoms with Gasteiger partial charge in [-0.2, -0.15) is 0 Å². The standard InChI is InChI=1S/C18H17FO4/c1-11-7-8-13(10-15(11)19)16(20)12-5-4-6-14(9-12)23-18(2,3)17(21)22/h4-10H,1-3H3,(H,21,22). The molecule has 0 saturated heterocycles. The average molecular weight is 316 g/mol. The lowest BCUT2D eigenvalue weighted by molar-refractivity contribution is -0.152. The lowest BCUT2D eigenvalue weighted by Gasteiger charge is -2.21. The Morgan fingerprint density at radius 3 is 2.35 bits per heavy atom. The number of halogens is 1. The lowest BCUT2D eigenvalue weighted by atomic mass is 10.0. The number of ether oxygens (including phenoxy) is 1. The number of carboxylic acid groups (broad SMARTS) is 1. The normalized spacial score (nSPS) is 11.1. The zero-order valence-corrected chi connectivity index (χ0v) is 13.1. The van der Waals surface area contributed by atoms with E-state index in [4.69, 9.17) is 9.84 Å². The van der Waals surface area contributed by atoms with Crippen LogP contribution in [-0.2, 0) is 4.79 Å². The Balaban J connectivity index is 2.30. The molecule has 0 aliphatic heterocycles. The predicted octanol–water partition coefficient (Wildman–Crippen LogP) is 3.61. The first-order valence-corrected chi connectivity index (χ1v) is 7.04. The van der Waals surface area contributed by atoms with Crippen LogP contribution in [0.15, 0.2) is 42.5 Å². The van der Waals surface area contributed by atoms with Crippen molar-refractivity contribution in [2.75, 3.05) is 0 Å². The van der Waals surface area contributed by atoms with Crippen LogP contribution in [0.25, 0.3) is 0 Å². The van der Waals surface area contributed by atoms with Crippen molar-refractivity contribution in [2.45, 2.75) is 26.4 Å². The monoisotopic (exact) mass is 316 g/mol. The minimum absolute atomic E-state index is 0.225. The van der Waals surface area contributed by atoms with Crippen molar-refractivity contribution in [3.63, 3.8) is 0 Å². The van der Waals surface area contributed by atoms with Gasteiger partial charge in [0.2, 0.25) is 0 Å². The maximum atomic E-state index is 13.6. The third kappa shape index (κ3) is 3.74. The highest BCUT2D eigenvalue weighted by Gasteiger charge is 2.29. The van der Waals surface area contributed by atoms with Crippen LogP contribution in [0, 0.1) is 12.7 Å². The first kappa shape index (κ1) is 16.7. The van der Waals surface area contributed by atoms with Crippen molar-refractivity contribution in [1.29, 1.82) is 0 Å². The summed E-state index contributed by atoms with van der Waals surface area (Å²) in [4.78, 5) is 23.5. The molecule has 0 saturated carbocycles. The van der Waals surface area contributed by atoms with Gasteiger partial charge < -0.3 is 9.84 Å². The van der Waals surface area contributed by atoms with Crippen LogP contribution in [0.1, 0.15) is 35.3 Å². The summed E-state index contributed by atoms with van der Waals surface area (Å²) in [6.45, 7) is 4.45. The molecule has 0 fully saturated rings. The van der Waals surface area contributed by atoms with Gasteiger partial charge in [-0.25, -0.2) is 9.18 Å². The van der Waals surface area contributed by atoms with E-state index in [1.165, 1.54) is 32.0 Å². The van der Waals surface area contributed by atoms with E-state index in [9.17, 15) is 14.0 Å². The third-order valence-corrected chi connectivity index (χ3v) is 3.42. The second-order valence-electron chi connectivity index (χ2n) is 5.74. The summed E-state index contributed by atoms with van der Waals surface area (Å²) in [7, 11) is 0. The summed E-state index contributed by atoms with van der Waals surface area (Å²) >= 11 is 0. The fraction of sp³-hybridized carbons (Fsp3) is 0.222. The minimum Gasteiger partial charge on any atom is -0.478 e. The zero-order valence-electron chi connectivity index (χ0n) is 13.1. The van der Waals surface area contributed by atoms with Crippen LogP contribution in [-0.4, -0.2) is 22.5 Å². The van der Waals surface area contributed by atoms with Crippen molar-refractivity contribution in [1.82, 2.24) is 0 Å². The van der Waals surface area contributed by atoms with Gasteiger partial charge in [0.15, 0.2) is 11.4 Å². The smallest absolute Gasteiger partial charge is 0.347 e. The van der Waals surface area contributed by atoms with Gasteiger partial charge in [0.1, 0.15) is 11.6 Å². The number of carbonyl (C=O) groups excluding carboxylic acids is 1. The Kier molecular flexibility index (Phi) is 4.50. The quantitative estimate of drug-likeness (QED) is 0.856. The summed E-state index contributed by atoms with van der Waals surface area (Å²) in [6.07, 6.45) is 0. The molecule has 5 heteroatoms. The van der Waals surface area contributed by atoms with E-state index in [1.807, 2.05) is 0 Å². The van der Waals surface area contributed by atoms with Gasteiger partial charge in [0.05, 0.1) is 0 Å². The Bertz CT molecular complexity index is 765. The number of carboxylic acids is 1. The van der Waals surface area contributed by atoms with Gasteiger partial charge in [-0.1, -0.05) is 24.3 Å². The molecule has 0 atom stereocenters. The largest absolute Gasteiger partial charge is 0.478 e. The molecule has 0 aliphatic carbocycles. The van der Waals surface area contributed by atoms with Gasteiger partial charge in [-0.15, -0.1) is 0 Å². The fourth-order valence-electron chi connectivity index (χ4n) is 1.94. The molecule has 120 valence electrons. The Labute approximate surface area is 133 Å². The van der Waals surface area contributed by atoms with Crippen LogP contribution in [0.2, 0.25) is 0 Å². The van der Waals surface area contributed by atoms with E-state index in [2.05, 4.69) is 0 Å². The number of rotatable bonds is 5. The molecule has 0 aromatic heterocycles. The van der Waals surface area contributed by atoms with Crippen LogP contribution < -0.4 is 4.74 Å². The first-order chi connectivity index (χ1) is 10.7. The molecule has 0 spiro atoms. The van der Waals surface area contributed by atoms with E-state index in [-0.39, 0.29) is 17.1 Å². The molecule has 0 radical (unpaired) electrons. The summed E-state index contributed by atoms with van der Waals surface area (Å²) in [6, 6.07) is 10.5. The van der Waals surface area contributed by atoms with Gasteiger partial charge in [-0.3, -0.25) is 4.79 Å². The maximum Gasteiger partial charge on any atom is 0.347 e. The highest BCUT2D eigenvalue weighted by molar-refractivity contribution is 6.09. The van der Waals surface area contributed by atoms with Crippen LogP contribution in [0.3, 0.4) is 0 Å². The highest BCUT2D eigenvalue weighted by Crippen LogP contribution is 2.22. The molecule has 2 rings (SSSR count). The number of ketones is 1. The number of aliphatic carboxylic acids is 1. The van der Waals surface area contributed by atoms with Crippen molar-refractivity contribution in [2.24, 2.45) is 0 Å². The minimum atomic E-state index is -1.42. The predicted molar refractivity (Wildman–Crippen MR) is 83.4 cm³/mol. The molecule has 0 aliphatic rings. The van der Waals surface area contributed by atoms with Gasteiger partial charge in [0.25, 0.3) is 0 Å². The topological polar surface area (TPSA) is 63.6 Å². The Morgan fingerprint density at radius 2 is 1.74 bits per heavy atom. The summed E-state index contributed by atoms with van der Waals surface area (Å²) in [5.41, 5.74) is -0.436. The molecule has 1 N–H and O–H groups in total. The summed E-state index contributed by atoms with van der Waals surface area (Å²) < 4.78 is 19.0. The molecule has 23 heavy (non-hydrogen) atoms. The van der Waals surface area contributed by atoms with E-state index in [1.54, 1.807) is 31.2 Å². The van der Waals surface area contributed by atoms with Crippen LogP contribution in [0.4, 0.5) is 4.39 Å². The van der Waals surface area contributed by atoms with Crippen LogP contribution >= 0.6 is 0 Å². The first-order valence-electron chi connectivity index (χ1n) is 7.04. The Hall–Kier alpha value is -2.69. The number of aryl methyl sites for hydroxylation is 1. The summed E-state index contributed by atoms with van der Waals surface area (Å²) in [5, 5.41) is 9.08. The summed E-state index contributed by atoms with van der Waals surface area (Å²) in [5.74, 6) is -1.66. The fourth-order valence-corrected chi connectivity index (χ4v) is 1.94. The molecule has 2 aromatic carbocycles. The average Bonchev–Trinajstić information content (AvgIpc) is 2.49. The molecule has 0 amide bonds. The SMILES string of the molecule is Cc1ccc(C(=O)c2cccc(OC(C)(C)C(=O)O)c2)cc1F. The Morgan fingerprint density at radius 1 is 1.09 bits per heavy atom. The second kappa shape index (κ2) is 6.20. The number of hydrogen-bond acceptors (Lipinski definition) is 3. The molecule has 0 unspecified atom stereocenters. The van der Waals surface area contributed by atoms with Crippen molar-refractivity contribution in [3.05, 3.63) is 65.0 Å². The van der Waals surface area contributed by atoms with Crippen molar-refractivity contribution >= 4 is 11.8 Å². The van der Waals surface area contributed by atoms with E-state index in [0.29, 0.717) is 11.1 Å². The third-order valence-electron chi connectivity index (χ3n) is 3.42. The maximum absolute atomic E-state index is 13.6. The molecule has 4 nitrogen and oxygen atoms in total. The molecule has 0 bridgehead atoms. The van der Waals surface area contributed by atoms with E-state index in [0.717, 1.165) is 0 Å². The van der Waals surface area contributed by atoms with Gasteiger partial charge in [-0.05, 0) is 44.5 Å². The van der Waals surface area contributed by atoms with Gasteiger partial charge >= 0.3 is 5.97 Å². The molecular weight excluding hydrogens is 299 g/mol. The van der Waals surface area contributed by atoms with Crippen LogP contribution in [0.5, 0.6) is 5.75 Å². The second-order valence-corrected chi connectivity index (χ2v) is 5.74. The van der Waals surface area contributed by atoms with E-state index < -0.39 is 17.4 Å². The zero-order chi connectivity index (χ0) is 17.2. The molecule has 2 aromatic rings. The van der Waals surface area contributed by atoms with Crippen molar-refractivity contribution in [3.8, 4) is 5.75 Å².